The predicted molar refractivity (Wildman–Crippen MR) is 99.9 cm³/mol. The first kappa shape index (κ1) is 16.9. The predicted octanol–water partition coefficient (Wildman–Crippen LogP) is 5.40. The maximum Gasteiger partial charge on any atom is 0.238 e. The second-order valence-corrected chi connectivity index (χ2v) is 9.25. The summed E-state index contributed by atoms with van der Waals surface area (Å²) in [4.78, 5) is 14.7. The lowest BCUT2D eigenvalue weighted by Gasteiger charge is -2.46. The van der Waals surface area contributed by atoms with Crippen LogP contribution in [0.2, 0.25) is 0 Å². The van der Waals surface area contributed by atoms with Crippen LogP contribution < -0.4 is 4.90 Å². The number of rotatable bonds is 3. The van der Waals surface area contributed by atoms with Crippen molar-refractivity contribution in [2.45, 2.75) is 64.7 Å². The highest BCUT2D eigenvalue weighted by atomic mass is 32.2. The molecule has 1 amide bonds. The lowest BCUT2D eigenvalue weighted by Crippen LogP contribution is -2.48. The standard InChI is InChI=1S/C20H29NOS/c1-5-19(3,4)16-10-12-20(13-11-16)21(18(22)14-23-20)17-8-6-15(2)7-9-17/h6-9,16H,5,10-14H2,1-4H3. The summed E-state index contributed by atoms with van der Waals surface area (Å²) in [6.45, 7) is 9.20. The van der Waals surface area contributed by atoms with Gasteiger partial charge in [-0.25, -0.2) is 0 Å². The molecule has 2 nitrogen and oxygen atoms in total. The van der Waals surface area contributed by atoms with Gasteiger partial charge in [-0.1, -0.05) is 44.9 Å². The Morgan fingerprint density at radius 3 is 2.39 bits per heavy atom. The van der Waals surface area contributed by atoms with E-state index in [1.165, 1.54) is 24.8 Å². The molecule has 126 valence electrons. The summed E-state index contributed by atoms with van der Waals surface area (Å²) in [6.07, 6.45) is 5.97. The van der Waals surface area contributed by atoms with Crippen LogP contribution in [0.5, 0.6) is 0 Å². The van der Waals surface area contributed by atoms with Gasteiger partial charge in [-0.2, -0.15) is 0 Å². The molecule has 1 saturated heterocycles. The summed E-state index contributed by atoms with van der Waals surface area (Å²) in [5.41, 5.74) is 2.75. The van der Waals surface area contributed by atoms with Crippen LogP contribution in [0.25, 0.3) is 0 Å². The topological polar surface area (TPSA) is 20.3 Å². The van der Waals surface area contributed by atoms with Gasteiger partial charge < -0.3 is 0 Å². The van der Waals surface area contributed by atoms with E-state index in [2.05, 4.69) is 56.9 Å². The molecule has 1 aliphatic heterocycles. The Morgan fingerprint density at radius 2 is 1.83 bits per heavy atom. The highest BCUT2D eigenvalue weighted by Crippen LogP contribution is 2.53. The molecular weight excluding hydrogens is 302 g/mol. The molecule has 0 radical (unpaired) electrons. The molecule has 0 aromatic heterocycles. The summed E-state index contributed by atoms with van der Waals surface area (Å²) in [5.74, 6) is 1.71. The van der Waals surface area contributed by atoms with Gasteiger partial charge >= 0.3 is 0 Å². The molecule has 1 aromatic carbocycles. The van der Waals surface area contributed by atoms with Gasteiger partial charge in [0.15, 0.2) is 0 Å². The first-order chi connectivity index (χ1) is 10.9. The van der Waals surface area contributed by atoms with Crippen LogP contribution >= 0.6 is 11.8 Å². The Bertz CT molecular complexity index is 570. The van der Waals surface area contributed by atoms with Crippen molar-refractivity contribution in [1.82, 2.24) is 0 Å². The van der Waals surface area contributed by atoms with Crippen molar-refractivity contribution in [3.05, 3.63) is 29.8 Å². The highest BCUT2D eigenvalue weighted by Gasteiger charge is 2.50. The van der Waals surface area contributed by atoms with E-state index in [1.807, 2.05) is 11.8 Å². The summed E-state index contributed by atoms with van der Waals surface area (Å²) in [5, 5.41) is 0. The van der Waals surface area contributed by atoms with E-state index in [9.17, 15) is 4.79 Å². The van der Waals surface area contributed by atoms with Crippen molar-refractivity contribution < 1.29 is 4.79 Å². The Hall–Kier alpha value is -0.960. The van der Waals surface area contributed by atoms with E-state index in [4.69, 9.17) is 0 Å². The number of carbonyl (C=O) groups excluding carboxylic acids is 1. The molecule has 23 heavy (non-hydrogen) atoms. The van der Waals surface area contributed by atoms with Crippen LogP contribution in [-0.2, 0) is 4.79 Å². The van der Waals surface area contributed by atoms with E-state index in [0.29, 0.717) is 11.2 Å². The molecule has 1 aliphatic carbocycles. The summed E-state index contributed by atoms with van der Waals surface area (Å²) in [6, 6.07) is 8.46. The Kier molecular flexibility index (Phi) is 4.52. The normalized spacial score (nSPS) is 28.6. The van der Waals surface area contributed by atoms with Crippen LogP contribution in [0.3, 0.4) is 0 Å². The largest absolute Gasteiger partial charge is 0.297 e. The van der Waals surface area contributed by atoms with Gasteiger partial charge in [0.25, 0.3) is 0 Å². The van der Waals surface area contributed by atoms with Crippen molar-refractivity contribution in [2.75, 3.05) is 10.7 Å². The van der Waals surface area contributed by atoms with Gasteiger partial charge in [0.05, 0.1) is 10.6 Å². The Morgan fingerprint density at radius 1 is 1.22 bits per heavy atom. The molecule has 2 fully saturated rings. The first-order valence-electron chi connectivity index (χ1n) is 8.92. The minimum Gasteiger partial charge on any atom is -0.297 e. The molecule has 3 heteroatoms. The monoisotopic (exact) mass is 331 g/mol. The van der Waals surface area contributed by atoms with Gasteiger partial charge in [-0.05, 0) is 56.1 Å². The third-order valence-corrected chi connectivity index (χ3v) is 7.72. The van der Waals surface area contributed by atoms with Crippen LogP contribution in [0.15, 0.2) is 24.3 Å². The molecule has 1 heterocycles. The molecule has 1 aromatic rings. The van der Waals surface area contributed by atoms with Crippen LogP contribution in [-0.4, -0.2) is 16.5 Å². The average molecular weight is 332 g/mol. The minimum absolute atomic E-state index is 0.00661. The Balaban J connectivity index is 1.82. The van der Waals surface area contributed by atoms with Gasteiger partial charge in [0.1, 0.15) is 0 Å². The number of aryl methyl sites for hydroxylation is 1. The second-order valence-electron chi connectivity index (χ2n) is 7.92. The SMILES string of the molecule is CCC(C)(C)C1CCC2(CC1)SCC(=O)N2c1ccc(C)cc1. The zero-order valence-electron chi connectivity index (χ0n) is 14.9. The van der Waals surface area contributed by atoms with Gasteiger partial charge in [-0.3, -0.25) is 9.69 Å². The van der Waals surface area contributed by atoms with Crippen molar-refractivity contribution in [3.8, 4) is 0 Å². The number of hydrogen-bond donors (Lipinski definition) is 0. The van der Waals surface area contributed by atoms with E-state index in [-0.39, 0.29) is 10.8 Å². The minimum atomic E-state index is 0.00661. The van der Waals surface area contributed by atoms with Crippen molar-refractivity contribution in [2.24, 2.45) is 11.3 Å². The first-order valence-corrected chi connectivity index (χ1v) is 9.90. The molecular formula is C20H29NOS. The number of benzene rings is 1. The van der Waals surface area contributed by atoms with Crippen LogP contribution in [0.4, 0.5) is 5.69 Å². The molecule has 0 bridgehead atoms. The molecule has 1 saturated carbocycles. The fourth-order valence-electron chi connectivity index (χ4n) is 4.13. The fourth-order valence-corrected chi connectivity index (χ4v) is 5.51. The molecule has 0 unspecified atom stereocenters. The molecule has 0 atom stereocenters. The summed E-state index contributed by atoms with van der Waals surface area (Å²) in [7, 11) is 0. The number of amides is 1. The molecule has 2 aliphatic rings. The van der Waals surface area contributed by atoms with E-state index >= 15 is 0 Å². The lowest BCUT2D eigenvalue weighted by atomic mass is 9.68. The number of carbonyl (C=O) groups is 1. The van der Waals surface area contributed by atoms with E-state index in [1.54, 1.807) is 0 Å². The van der Waals surface area contributed by atoms with Crippen molar-refractivity contribution in [1.29, 1.82) is 0 Å². The quantitative estimate of drug-likeness (QED) is 0.739. The smallest absolute Gasteiger partial charge is 0.238 e. The second kappa shape index (κ2) is 6.16. The third-order valence-electron chi connectivity index (χ3n) is 6.20. The van der Waals surface area contributed by atoms with E-state index in [0.717, 1.165) is 24.4 Å². The van der Waals surface area contributed by atoms with Crippen molar-refractivity contribution in [3.63, 3.8) is 0 Å². The van der Waals surface area contributed by atoms with Crippen LogP contribution in [0, 0.1) is 18.3 Å². The van der Waals surface area contributed by atoms with Gasteiger partial charge in [0.2, 0.25) is 5.91 Å². The number of thioether (sulfide) groups is 1. The lowest BCUT2D eigenvalue weighted by molar-refractivity contribution is -0.116. The van der Waals surface area contributed by atoms with E-state index < -0.39 is 0 Å². The number of anilines is 1. The molecule has 3 rings (SSSR count). The fraction of sp³-hybridized carbons (Fsp3) is 0.650. The molecule has 1 spiro atoms. The van der Waals surface area contributed by atoms with Crippen LogP contribution in [0.1, 0.15) is 58.4 Å². The highest BCUT2D eigenvalue weighted by molar-refractivity contribution is 8.02. The summed E-state index contributed by atoms with van der Waals surface area (Å²) < 4.78 is 0. The van der Waals surface area contributed by atoms with Gasteiger partial charge in [-0.15, -0.1) is 11.8 Å². The maximum atomic E-state index is 12.6. The average Bonchev–Trinajstić information content (AvgIpc) is 2.85. The van der Waals surface area contributed by atoms with Gasteiger partial charge in [0, 0.05) is 5.69 Å². The number of nitrogens with zero attached hydrogens (tertiary/aromatic N) is 1. The number of hydrogen-bond acceptors (Lipinski definition) is 2. The third kappa shape index (κ3) is 3.05. The Labute approximate surface area is 145 Å². The molecule has 0 N–H and O–H groups in total. The summed E-state index contributed by atoms with van der Waals surface area (Å²) >= 11 is 1.88. The van der Waals surface area contributed by atoms with Crippen molar-refractivity contribution >= 4 is 23.4 Å². The maximum absolute atomic E-state index is 12.6. The zero-order valence-corrected chi connectivity index (χ0v) is 15.7. The zero-order chi connectivity index (χ0) is 16.7.